The predicted molar refractivity (Wildman–Crippen MR) is 63.4 cm³/mol. The van der Waals surface area contributed by atoms with E-state index in [1.54, 1.807) is 0 Å². The molecule has 0 spiro atoms. The van der Waals surface area contributed by atoms with E-state index in [0.29, 0.717) is 26.4 Å². The topological polar surface area (TPSA) is 36.9 Å². The normalized spacial score (nSPS) is 14.1. The maximum Gasteiger partial charge on any atom is 0.183 e. The van der Waals surface area contributed by atoms with Gasteiger partial charge in [0, 0.05) is 18.8 Å². The zero-order valence-corrected chi connectivity index (χ0v) is 10.3. The van der Waals surface area contributed by atoms with Crippen LogP contribution in [0.3, 0.4) is 0 Å². The van der Waals surface area contributed by atoms with Gasteiger partial charge in [-0.2, -0.15) is 0 Å². The molecule has 0 fully saturated rings. The van der Waals surface area contributed by atoms with Gasteiger partial charge in [0.15, 0.2) is 17.8 Å². The molecule has 1 heterocycles. The van der Waals surface area contributed by atoms with Crippen LogP contribution in [0.1, 0.15) is 25.7 Å². The molecule has 0 aromatic heterocycles. The molecule has 1 aliphatic heterocycles. The molecule has 1 aromatic carbocycles. The summed E-state index contributed by atoms with van der Waals surface area (Å²) in [5, 5.41) is 0. The summed E-state index contributed by atoms with van der Waals surface area (Å²) < 4.78 is 22.1. The van der Waals surface area contributed by atoms with E-state index in [1.807, 2.05) is 32.0 Å². The van der Waals surface area contributed by atoms with Crippen molar-refractivity contribution < 1.29 is 18.9 Å². The van der Waals surface area contributed by atoms with E-state index >= 15 is 0 Å². The van der Waals surface area contributed by atoms with Crippen LogP contribution in [0.15, 0.2) is 18.2 Å². The van der Waals surface area contributed by atoms with Gasteiger partial charge in [0.2, 0.25) is 0 Å². The summed E-state index contributed by atoms with van der Waals surface area (Å²) in [5.41, 5.74) is 0.956. The SMILES string of the molecule is CCOC(OCC)c1ccc2c(c1)OCCO2. The van der Waals surface area contributed by atoms with Gasteiger partial charge in [-0.3, -0.25) is 0 Å². The molecule has 1 aromatic rings. The van der Waals surface area contributed by atoms with Crippen molar-refractivity contribution in [2.75, 3.05) is 26.4 Å². The lowest BCUT2D eigenvalue weighted by Crippen LogP contribution is -2.16. The van der Waals surface area contributed by atoms with Crippen LogP contribution in [0.4, 0.5) is 0 Å². The minimum atomic E-state index is -0.333. The van der Waals surface area contributed by atoms with Crippen molar-refractivity contribution in [3.05, 3.63) is 23.8 Å². The Hall–Kier alpha value is -1.26. The first-order valence-corrected chi connectivity index (χ1v) is 5.98. The summed E-state index contributed by atoms with van der Waals surface area (Å²) in [7, 11) is 0. The van der Waals surface area contributed by atoms with E-state index in [-0.39, 0.29) is 6.29 Å². The van der Waals surface area contributed by atoms with E-state index in [9.17, 15) is 0 Å². The highest BCUT2D eigenvalue weighted by atomic mass is 16.7. The highest BCUT2D eigenvalue weighted by Gasteiger charge is 2.17. The van der Waals surface area contributed by atoms with Gasteiger partial charge in [0.25, 0.3) is 0 Å². The van der Waals surface area contributed by atoms with Crippen molar-refractivity contribution in [3.63, 3.8) is 0 Å². The molecule has 0 bridgehead atoms. The second kappa shape index (κ2) is 5.89. The Morgan fingerprint density at radius 1 is 1.06 bits per heavy atom. The minimum Gasteiger partial charge on any atom is -0.486 e. The zero-order chi connectivity index (χ0) is 12.1. The Bertz CT molecular complexity index is 358. The lowest BCUT2D eigenvalue weighted by molar-refractivity contribution is -0.140. The van der Waals surface area contributed by atoms with Crippen LogP contribution >= 0.6 is 0 Å². The van der Waals surface area contributed by atoms with E-state index in [2.05, 4.69) is 0 Å². The van der Waals surface area contributed by atoms with Gasteiger partial charge in [-0.1, -0.05) is 6.07 Å². The molecular formula is C13H18O4. The molecule has 2 rings (SSSR count). The van der Waals surface area contributed by atoms with Gasteiger partial charge < -0.3 is 18.9 Å². The van der Waals surface area contributed by atoms with Crippen LogP contribution in [0.2, 0.25) is 0 Å². The quantitative estimate of drug-likeness (QED) is 0.739. The summed E-state index contributed by atoms with van der Waals surface area (Å²) in [6.07, 6.45) is -0.333. The largest absolute Gasteiger partial charge is 0.486 e. The molecule has 0 aliphatic carbocycles. The van der Waals surface area contributed by atoms with Crippen molar-refractivity contribution in [2.45, 2.75) is 20.1 Å². The Labute approximate surface area is 101 Å². The standard InChI is InChI=1S/C13H18O4/c1-3-14-13(15-4-2)10-5-6-11-12(9-10)17-8-7-16-11/h5-6,9,13H,3-4,7-8H2,1-2H3. The Balaban J connectivity index is 2.18. The van der Waals surface area contributed by atoms with Crippen LogP contribution in [0.5, 0.6) is 11.5 Å². The first-order valence-electron chi connectivity index (χ1n) is 5.98. The van der Waals surface area contributed by atoms with Gasteiger partial charge in [-0.25, -0.2) is 0 Å². The van der Waals surface area contributed by atoms with Gasteiger partial charge in [0.1, 0.15) is 13.2 Å². The van der Waals surface area contributed by atoms with Crippen LogP contribution < -0.4 is 9.47 Å². The van der Waals surface area contributed by atoms with Crippen molar-refractivity contribution >= 4 is 0 Å². The molecule has 0 radical (unpaired) electrons. The van der Waals surface area contributed by atoms with Crippen molar-refractivity contribution in [1.29, 1.82) is 0 Å². The van der Waals surface area contributed by atoms with Gasteiger partial charge >= 0.3 is 0 Å². The molecule has 0 saturated heterocycles. The zero-order valence-electron chi connectivity index (χ0n) is 10.3. The third-order valence-corrected chi connectivity index (χ3v) is 2.47. The number of hydrogen-bond acceptors (Lipinski definition) is 4. The molecule has 0 amide bonds. The molecule has 0 saturated carbocycles. The third kappa shape index (κ3) is 2.90. The van der Waals surface area contributed by atoms with Gasteiger partial charge in [0.05, 0.1) is 0 Å². The summed E-state index contributed by atoms with van der Waals surface area (Å²) in [6.45, 7) is 6.31. The highest BCUT2D eigenvalue weighted by Crippen LogP contribution is 2.33. The fraction of sp³-hybridized carbons (Fsp3) is 0.538. The second-order valence-corrected chi connectivity index (χ2v) is 3.65. The number of fused-ring (bicyclic) bond motifs is 1. The molecule has 0 N–H and O–H groups in total. The fourth-order valence-electron chi connectivity index (χ4n) is 1.75. The van der Waals surface area contributed by atoms with E-state index < -0.39 is 0 Å². The molecular weight excluding hydrogens is 220 g/mol. The van der Waals surface area contributed by atoms with Crippen LogP contribution in [0.25, 0.3) is 0 Å². The third-order valence-electron chi connectivity index (χ3n) is 2.47. The average molecular weight is 238 g/mol. The smallest absolute Gasteiger partial charge is 0.183 e. The van der Waals surface area contributed by atoms with Crippen molar-refractivity contribution in [1.82, 2.24) is 0 Å². The molecule has 0 unspecified atom stereocenters. The number of rotatable bonds is 5. The first-order chi connectivity index (χ1) is 8.35. The molecule has 0 atom stereocenters. The summed E-state index contributed by atoms with van der Waals surface area (Å²) in [6, 6.07) is 5.77. The molecule has 17 heavy (non-hydrogen) atoms. The highest BCUT2D eigenvalue weighted by molar-refractivity contribution is 5.44. The molecule has 4 heteroatoms. The van der Waals surface area contributed by atoms with E-state index in [0.717, 1.165) is 17.1 Å². The fourth-order valence-corrected chi connectivity index (χ4v) is 1.75. The maximum absolute atomic E-state index is 5.54. The lowest BCUT2D eigenvalue weighted by Gasteiger charge is -2.22. The van der Waals surface area contributed by atoms with Crippen molar-refractivity contribution in [3.8, 4) is 11.5 Å². The Morgan fingerprint density at radius 3 is 2.35 bits per heavy atom. The first kappa shape index (κ1) is 12.2. The Kier molecular flexibility index (Phi) is 4.23. The van der Waals surface area contributed by atoms with Crippen LogP contribution in [-0.4, -0.2) is 26.4 Å². The monoisotopic (exact) mass is 238 g/mol. The van der Waals surface area contributed by atoms with E-state index in [4.69, 9.17) is 18.9 Å². The number of ether oxygens (including phenoxy) is 4. The lowest BCUT2D eigenvalue weighted by atomic mass is 10.2. The summed E-state index contributed by atoms with van der Waals surface area (Å²) in [5.74, 6) is 1.55. The predicted octanol–water partition coefficient (Wildman–Crippen LogP) is 2.53. The molecule has 1 aliphatic rings. The maximum atomic E-state index is 5.54. The average Bonchev–Trinajstić information content (AvgIpc) is 2.38. The summed E-state index contributed by atoms with van der Waals surface area (Å²) >= 11 is 0. The summed E-state index contributed by atoms with van der Waals surface area (Å²) in [4.78, 5) is 0. The van der Waals surface area contributed by atoms with Gasteiger partial charge in [-0.15, -0.1) is 0 Å². The second-order valence-electron chi connectivity index (χ2n) is 3.65. The van der Waals surface area contributed by atoms with Crippen LogP contribution in [0, 0.1) is 0 Å². The number of hydrogen-bond donors (Lipinski definition) is 0. The van der Waals surface area contributed by atoms with Gasteiger partial charge in [-0.05, 0) is 26.0 Å². The van der Waals surface area contributed by atoms with E-state index in [1.165, 1.54) is 0 Å². The molecule has 94 valence electrons. The minimum absolute atomic E-state index is 0.333. The van der Waals surface area contributed by atoms with Crippen molar-refractivity contribution in [2.24, 2.45) is 0 Å². The van der Waals surface area contributed by atoms with Crippen LogP contribution in [-0.2, 0) is 9.47 Å². The Morgan fingerprint density at radius 2 is 1.71 bits per heavy atom. The number of benzene rings is 1. The molecule has 4 nitrogen and oxygen atoms in total.